The van der Waals surface area contributed by atoms with E-state index in [-0.39, 0.29) is 17.1 Å². The summed E-state index contributed by atoms with van der Waals surface area (Å²) in [6, 6.07) is 7.27. The van der Waals surface area contributed by atoms with Crippen molar-refractivity contribution in [3.8, 4) is 0 Å². The maximum atomic E-state index is 11.9. The van der Waals surface area contributed by atoms with Gasteiger partial charge in [-0.15, -0.1) is 11.8 Å². The standard InChI is InChI=1S/C14H20N2O2S/c1-9(2)12(13(17)16-14(15)18)19-8-11-7-5-4-6-10(11)3/h4-7,9,12H,8H2,1-3H3,(H3,15,16,17,18)/t12-/m1/s1. The Bertz CT molecular complexity index is 461. The molecule has 1 aromatic carbocycles. The molecule has 104 valence electrons. The number of carbonyl (C=O) groups is 2. The van der Waals surface area contributed by atoms with Crippen LogP contribution in [0.5, 0.6) is 0 Å². The molecule has 0 unspecified atom stereocenters. The van der Waals surface area contributed by atoms with Crippen molar-refractivity contribution in [2.45, 2.75) is 31.8 Å². The van der Waals surface area contributed by atoms with Gasteiger partial charge in [0.2, 0.25) is 5.91 Å². The Labute approximate surface area is 118 Å². The van der Waals surface area contributed by atoms with Crippen LogP contribution in [0, 0.1) is 12.8 Å². The quantitative estimate of drug-likeness (QED) is 0.870. The van der Waals surface area contributed by atoms with Crippen molar-refractivity contribution < 1.29 is 9.59 Å². The summed E-state index contributed by atoms with van der Waals surface area (Å²) in [5, 5.41) is 1.87. The Balaban J connectivity index is 2.67. The summed E-state index contributed by atoms with van der Waals surface area (Å²) < 4.78 is 0. The number of aryl methyl sites for hydroxylation is 1. The second-order valence-corrected chi connectivity index (χ2v) is 5.89. The fourth-order valence-corrected chi connectivity index (χ4v) is 2.99. The lowest BCUT2D eigenvalue weighted by atomic mass is 10.1. The average Bonchev–Trinajstić information content (AvgIpc) is 2.30. The number of hydrogen-bond donors (Lipinski definition) is 2. The highest BCUT2D eigenvalue weighted by Crippen LogP contribution is 2.25. The molecule has 1 atom stereocenters. The molecule has 3 N–H and O–H groups in total. The summed E-state index contributed by atoms with van der Waals surface area (Å²) in [4.78, 5) is 22.6. The van der Waals surface area contributed by atoms with Crippen LogP contribution in [0.4, 0.5) is 4.79 Å². The van der Waals surface area contributed by atoms with Gasteiger partial charge in [0.1, 0.15) is 0 Å². The summed E-state index contributed by atoms with van der Waals surface area (Å²) in [5.74, 6) is 0.552. The number of nitrogens with one attached hydrogen (secondary N) is 1. The Morgan fingerprint density at radius 3 is 2.47 bits per heavy atom. The van der Waals surface area contributed by atoms with Crippen molar-refractivity contribution in [3.05, 3.63) is 35.4 Å². The van der Waals surface area contributed by atoms with Crippen LogP contribution in [0.25, 0.3) is 0 Å². The molecule has 0 radical (unpaired) electrons. The van der Waals surface area contributed by atoms with Crippen LogP contribution in [-0.2, 0) is 10.5 Å². The summed E-state index contributed by atoms with van der Waals surface area (Å²) in [7, 11) is 0. The van der Waals surface area contributed by atoms with Crippen LogP contribution in [0.1, 0.15) is 25.0 Å². The fourth-order valence-electron chi connectivity index (χ4n) is 1.72. The molecule has 3 amide bonds. The fraction of sp³-hybridized carbons (Fsp3) is 0.429. The second kappa shape index (κ2) is 7.19. The molecule has 0 aliphatic heterocycles. The molecule has 0 fully saturated rings. The van der Waals surface area contributed by atoms with Crippen molar-refractivity contribution in [2.24, 2.45) is 11.7 Å². The van der Waals surface area contributed by atoms with Crippen LogP contribution in [0.2, 0.25) is 0 Å². The lowest BCUT2D eigenvalue weighted by Gasteiger charge is -2.19. The first-order valence-electron chi connectivity index (χ1n) is 6.18. The predicted molar refractivity (Wildman–Crippen MR) is 78.8 cm³/mol. The normalized spacial score (nSPS) is 12.2. The maximum Gasteiger partial charge on any atom is 0.318 e. The summed E-state index contributed by atoms with van der Waals surface area (Å²) >= 11 is 1.53. The molecule has 0 saturated carbocycles. The first-order chi connectivity index (χ1) is 8.91. The molecule has 5 heteroatoms. The van der Waals surface area contributed by atoms with Gasteiger partial charge in [-0.1, -0.05) is 38.1 Å². The van der Waals surface area contributed by atoms with Crippen molar-refractivity contribution in [1.82, 2.24) is 5.32 Å². The third-order valence-corrected chi connectivity index (χ3v) is 4.39. The SMILES string of the molecule is Cc1ccccc1CS[C@@H](C(=O)NC(N)=O)C(C)C. The van der Waals surface area contributed by atoms with Gasteiger partial charge in [0, 0.05) is 5.75 Å². The smallest absolute Gasteiger partial charge is 0.318 e. The van der Waals surface area contributed by atoms with E-state index >= 15 is 0 Å². The van der Waals surface area contributed by atoms with Gasteiger partial charge >= 0.3 is 6.03 Å². The van der Waals surface area contributed by atoms with Crippen LogP contribution in [0.15, 0.2) is 24.3 Å². The van der Waals surface area contributed by atoms with E-state index in [2.05, 4.69) is 5.32 Å². The molecule has 0 bridgehead atoms. The molecule has 1 aromatic rings. The third kappa shape index (κ3) is 4.95. The van der Waals surface area contributed by atoms with Crippen LogP contribution in [-0.4, -0.2) is 17.2 Å². The maximum absolute atomic E-state index is 11.9. The Kier molecular flexibility index (Phi) is 5.89. The highest BCUT2D eigenvalue weighted by Gasteiger charge is 2.23. The van der Waals surface area contributed by atoms with Gasteiger partial charge in [-0.05, 0) is 24.0 Å². The zero-order valence-electron chi connectivity index (χ0n) is 11.5. The van der Waals surface area contributed by atoms with E-state index in [4.69, 9.17) is 5.73 Å². The molecule has 4 nitrogen and oxygen atoms in total. The molecule has 0 aromatic heterocycles. The Hall–Kier alpha value is -1.49. The minimum Gasteiger partial charge on any atom is -0.351 e. The number of nitrogens with two attached hydrogens (primary N) is 1. The largest absolute Gasteiger partial charge is 0.351 e. The number of carbonyl (C=O) groups excluding carboxylic acids is 2. The van der Waals surface area contributed by atoms with E-state index in [0.717, 1.165) is 5.75 Å². The number of primary amides is 1. The topological polar surface area (TPSA) is 72.2 Å². The number of amides is 3. The third-order valence-electron chi connectivity index (χ3n) is 2.79. The minimum atomic E-state index is -0.799. The Morgan fingerprint density at radius 1 is 1.32 bits per heavy atom. The molecule has 0 heterocycles. The highest BCUT2D eigenvalue weighted by atomic mass is 32.2. The number of rotatable bonds is 5. The zero-order chi connectivity index (χ0) is 14.4. The molecular formula is C14H20N2O2S. The lowest BCUT2D eigenvalue weighted by molar-refractivity contribution is -0.120. The van der Waals surface area contributed by atoms with Gasteiger partial charge in [-0.2, -0.15) is 0 Å². The minimum absolute atomic E-state index is 0.133. The highest BCUT2D eigenvalue weighted by molar-refractivity contribution is 7.99. The molecule has 0 spiro atoms. The van der Waals surface area contributed by atoms with Crippen LogP contribution in [0.3, 0.4) is 0 Å². The molecule has 0 saturated heterocycles. The van der Waals surface area contributed by atoms with Crippen LogP contribution < -0.4 is 11.1 Å². The van der Waals surface area contributed by atoms with Gasteiger partial charge in [0.05, 0.1) is 5.25 Å². The molecular weight excluding hydrogens is 260 g/mol. The summed E-state index contributed by atoms with van der Waals surface area (Å²) in [5.41, 5.74) is 7.38. The van der Waals surface area contributed by atoms with E-state index in [9.17, 15) is 9.59 Å². The van der Waals surface area contributed by atoms with Crippen LogP contribution >= 0.6 is 11.8 Å². The molecule has 1 rings (SSSR count). The lowest BCUT2D eigenvalue weighted by Crippen LogP contribution is -2.42. The van der Waals surface area contributed by atoms with Crippen molar-refractivity contribution >= 4 is 23.7 Å². The molecule has 0 aliphatic carbocycles. The van der Waals surface area contributed by atoms with Gasteiger partial charge in [-0.3, -0.25) is 10.1 Å². The number of urea groups is 1. The van der Waals surface area contributed by atoms with E-state index < -0.39 is 6.03 Å². The first kappa shape index (κ1) is 15.6. The number of imide groups is 1. The van der Waals surface area contributed by atoms with Gasteiger partial charge < -0.3 is 5.73 Å². The first-order valence-corrected chi connectivity index (χ1v) is 7.23. The van der Waals surface area contributed by atoms with Gasteiger partial charge in [0.25, 0.3) is 0 Å². The monoisotopic (exact) mass is 280 g/mol. The average molecular weight is 280 g/mol. The number of thioether (sulfide) groups is 1. The van der Waals surface area contributed by atoms with Gasteiger partial charge in [0.15, 0.2) is 0 Å². The molecule has 19 heavy (non-hydrogen) atoms. The summed E-state index contributed by atoms with van der Waals surface area (Å²) in [6.45, 7) is 5.95. The van der Waals surface area contributed by atoms with E-state index in [0.29, 0.717) is 0 Å². The second-order valence-electron chi connectivity index (χ2n) is 4.76. The van der Waals surface area contributed by atoms with Crippen molar-refractivity contribution in [2.75, 3.05) is 0 Å². The zero-order valence-corrected chi connectivity index (χ0v) is 12.3. The van der Waals surface area contributed by atoms with Crippen molar-refractivity contribution in [1.29, 1.82) is 0 Å². The summed E-state index contributed by atoms with van der Waals surface area (Å²) in [6.07, 6.45) is 0. The van der Waals surface area contributed by atoms with E-state index in [1.54, 1.807) is 0 Å². The number of benzene rings is 1. The van der Waals surface area contributed by atoms with E-state index in [1.165, 1.54) is 22.9 Å². The molecule has 0 aliphatic rings. The van der Waals surface area contributed by atoms with Gasteiger partial charge in [-0.25, -0.2) is 4.79 Å². The van der Waals surface area contributed by atoms with Crippen molar-refractivity contribution in [3.63, 3.8) is 0 Å². The Morgan fingerprint density at radius 2 is 1.95 bits per heavy atom. The predicted octanol–water partition coefficient (Wildman–Crippen LogP) is 2.45. The van der Waals surface area contributed by atoms with E-state index in [1.807, 2.05) is 45.0 Å². The number of hydrogen-bond acceptors (Lipinski definition) is 3.